The zero-order chi connectivity index (χ0) is 13.9. The van der Waals surface area contributed by atoms with Crippen LogP contribution in [0, 0.1) is 0 Å². The van der Waals surface area contributed by atoms with Crippen molar-refractivity contribution in [3.8, 4) is 0 Å². The van der Waals surface area contributed by atoms with Crippen molar-refractivity contribution in [3.63, 3.8) is 0 Å². The van der Waals surface area contributed by atoms with Crippen LogP contribution in [-0.2, 0) is 19.4 Å². The maximum atomic E-state index is 12.2. The van der Waals surface area contributed by atoms with E-state index in [9.17, 15) is 18.3 Å². The molecule has 0 radical (unpaired) electrons. The molecule has 0 aliphatic rings. The lowest BCUT2D eigenvalue weighted by Crippen LogP contribution is -2.15. The number of rotatable bonds is 5. The lowest BCUT2D eigenvalue weighted by atomic mass is 10.0. The van der Waals surface area contributed by atoms with Gasteiger partial charge < -0.3 is 5.11 Å². The van der Waals surface area contributed by atoms with Crippen LogP contribution < -0.4 is 0 Å². The van der Waals surface area contributed by atoms with Gasteiger partial charge in [0.1, 0.15) is 0 Å². The molecule has 0 saturated heterocycles. The maximum absolute atomic E-state index is 12.2. The molecule has 0 fully saturated rings. The Morgan fingerprint density at radius 1 is 1.28 bits per heavy atom. The van der Waals surface area contributed by atoms with Crippen molar-refractivity contribution in [1.29, 1.82) is 0 Å². The van der Waals surface area contributed by atoms with Gasteiger partial charge in [0.05, 0.1) is 18.2 Å². The van der Waals surface area contributed by atoms with Crippen LogP contribution in [0.1, 0.15) is 50.2 Å². The molecule has 1 N–H and O–H groups in total. The summed E-state index contributed by atoms with van der Waals surface area (Å²) in [6, 6.07) is 0. The van der Waals surface area contributed by atoms with E-state index in [-0.39, 0.29) is 6.54 Å². The number of halogens is 3. The van der Waals surface area contributed by atoms with Crippen molar-refractivity contribution in [1.82, 2.24) is 9.78 Å². The van der Waals surface area contributed by atoms with Crippen LogP contribution in [0.5, 0.6) is 0 Å². The van der Waals surface area contributed by atoms with E-state index in [2.05, 4.69) is 5.10 Å². The predicted octanol–water partition coefficient (Wildman–Crippen LogP) is 3.01. The van der Waals surface area contributed by atoms with Gasteiger partial charge in [-0.15, -0.1) is 0 Å². The molecule has 1 heterocycles. The lowest BCUT2D eigenvalue weighted by molar-refractivity contribution is -0.137. The molecule has 0 aliphatic carbocycles. The SMILES string of the molecule is CCc1nn(CCC(F)(F)F)c(CC)c1C(C)O. The predicted molar refractivity (Wildman–Crippen MR) is 62.3 cm³/mol. The van der Waals surface area contributed by atoms with Gasteiger partial charge in [0.25, 0.3) is 0 Å². The number of aliphatic hydroxyl groups excluding tert-OH is 1. The fourth-order valence-electron chi connectivity index (χ4n) is 2.10. The van der Waals surface area contributed by atoms with Crippen molar-refractivity contribution < 1.29 is 18.3 Å². The van der Waals surface area contributed by atoms with Crippen LogP contribution in [0.4, 0.5) is 13.2 Å². The molecule has 6 heteroatoms. The Balaban J connectivity index is 3.05. The summed E-state index contributed by atoms with van der Waals surface area (Å²) in [7, 11) is 0. The van der Waals surface area contributed by atoms with Crippen molar-refractivity contribution in [2.45, 2.75) is 58.9 Å². The summed E-state index contributed by atoms with van der Waals surface area (Å²) >= 11 is 0. The Hall–Kier alpha value is -1.04. The van der Waals surface area contributed by atoms with Gasteiger partial charge in [0.2, 0.25) is 0 Å². The van der Waals surface area contributed by atoms with Crippen LogP contribution in [0.25, 0.3) is 0 Å². The summed E-state index contributed by atoms with van der Waals surface area (Å²) in [6.07, 6.45) is -4.62. The zero-order valence-electron chi connectivity index (χ0n) is 10.9. The smallest absolute Gasteiger partial charge is 0.389 e. The van der Waals surface area contributed by atoms with Crippen molar-refractivity contribution in [2.24, 2.45) is 0 Å². The molecule has 1 rings (SSSR count). The highest BCUT2D eigenvalue weighted by Crippen LogP contribution is 2.26. The number of aliphatic hydroxyl groups is 1. The summed E-state index contributed by atoms with van der Waals surface area (Å²) in [4.78, 5) is 0. The molecule has 1 aromatic heterocycles. The minimum atomic E-state index is -4.19. The molecule has 3 nitrogen and oxygen atoms in total. The van der Waals surface area contributed by atoms with E-state index in [1.165, 1.54) is 4.68 Å². The van der Waals surface area contributed by atoms with Crippen LogP contribution >= 0.6 is 0 Å². The highest BCUT2D eigenvalue weighted by molar-refractivity contribution is 5.28. The minimum Gasteiger partial charge on any atom is -0.389 e. The van der Waals surface area contributed by atoms with E-state index in [0.717, 1.165) is 0 Å². The third-order valence-electron chi connectivity index (χ3n) is 2.87. The number of hydrogen-bond acceptors (Lipinski definition) is 2. The summed E-state index contributed by atoms with van der Waals surface area (Å²) in [6.45, 7) is 5.16. The standard InChI is InChI=1S/C12H19F3N2O/c1-4-9-11(8(3)18)10(5-2)17(16-9)7-6-12(13,14)15/h8,18H,4-7H2,1-3H3. The van der Waals surface area contributed by atoms with Gasteiger partial charge in [-0.1, -0.05) is 13.8 Å². The first-order chi connectivity index (χ1) is 8.30. The van der Waals surface area contributed by atoms with E-state index in [0.29, 0.717) is 29.8 Å². The molecular weight excluding hydrogens is 245 g/mol. The van der Waals surface area contributed by atoms with Crippen LogP contribution in [-0.4, -0.2) is 21.1 Å². The third-order valence-corrected chi connectivity index (χ3v) is 2.87. The number of nitrogens with zero attached hydrogens (tertiary/aromatic N) is 2. The third kappa shape index (κ3) is 3.48. The maximum Gasteiger partial charge on any atom is 0.390 e. The lowest BCUT2D eigenvalue weighted by Gasteiger charge is -2.11. The van der Waals surface area contributed by atoms with Crippen molar-refractivity contribution in [3.05, 3.63) is 17.0 Å². The largest absolute Gasteiger partial charge is 0.390 e. The van der Waals surface area contributed by atoms with E-state index in [1.54, 1.807) is 6.92 Å². The quantitative estimate of drug-likeness (QED) is 0.887. The molecule has 0 saturated carbocycles. The van der Waals surface area contributed by atoms with Crippen LogP contribution in [0.3, 0.4) is 0 Å². The fourth-order valence-corrected chi connectivity index (χ4v) is 2.10. The molecular formula is C12H19F3N2O. The minimum absolute atomic E-state index is 0.188. The van der Waals surface area contributed by atoms with Crippen LogP contribution in [0.15, 0.2) is 0 Å². The fraction of sp³-hybridized carbons (Fsp3) is 0.750. The second kappa shape index (κ2) is 5.73. The number of alkyl halides is 3. The summed E-state index contributed by atoms with van der Waals surface area (Å²) < 4.78 is 38.1. The van der Waals surface area contributed by atoms with Gasteiger partial charge >= 0.3 is 6.18 Å². The van der Waals surface area contributed by atoms with Gasteiger partial charge in [-0.3, -0.25) is 4.68 Å². The average molecular weight is 264 g/mol. The monoisotopic (exact) mass is 264 g/mol. The number of hydrogen-bond donors (Lipinski definition) is 1. The zero-order valence-corrected chi connectivity index (χ0v) is 10.9. The van der Waals surface area contributed by atoms with E-state index in [4.69, 9.17) is 0 Å². The van der Waals surface area contributed by atoms with Gasteiger partial charge in [0.15, 0.2) is 0 Å². The number of aryl methyl sites for hydroxylation is 2. The van der Waals surface area contributed by atoms with E-state index in [1.807, 2.05) is 13.8 Å². The summed E-state index contributed by atoms with van der Waals surface area (Å²) in [5.74, 6) is 0. The van der Waals surface area contributed by atoms with Crippen molar-refractivity contribution >= 4 is 0 Å². The van der Waals surface area contributed by atoms with Crippen molar-refractivity contribution in [2.75, 3.05) is 0 Å². The molecule has 1 atom stereocenters. The van der Waals surface area contributed by atoms with E-state index >= 15 is 0 Å². The molecule has 0 aromatic carbocycles. The van der Waals surface area contributed by atoms with Crippen LogP contribution in [0.2, 0.25) is 0 Å². The molecule has 1 unspecified atom stereocenters. The Labute approximate surface area is 105 Å². The first-order valence-corrected chi connectivity index (χ1v) is 6.13. The van der Waals surface area contributed by atoms with Gasteiger partial charge in [-0.25, -0.2) is 0 Å². The van der Waals surface area contributed by atoms with Gasteiger partial charge in [-0.2, -0.15) is 18.3 Å². The molecule has 0 bridgehead atoms. The molecule has 1 aromatic rings. The number of aromatic nitrogens is 2. The molecule has 18 heavy (non-hydrogen) atoms. The van der Waals surface area contributed by atoms with E-state index < -0.39 is 18.7 Å². The second-order valence-electron chi connectivity index (χ2n) is 4.28. The first-order valence-electron chi connectivity index (χ1n) is 6.13. The summed E-state index contributed by atoms with van der Waals surface area (Å²) in [5, 5.41) is 13.9. The normalized spacial score (nSPS) is 13.9. The Morgan fingerprint density at radius 3 is 2.28 bits per heavy atom. The molecule has 104 valence electrons. The first kappa shape index (κ1) is 15.0. The Kier molecular flexibility index (Phi) is 4.78. The summed E-state index contributed by atoms with van der Waals surface area (Å²) in [5.41, 5.74) is 2.07. The Bertz CT molecular complexity index is 397. The highest BCUT2D eigenvalue weighted by atomic mass is 19.4. The highest BCUT2D eigenvalue weighted by Gasteiger charge is 2.28. The second-order valence-corrected chi connectivity index (χ2v) is 4.28. The molecule has 0 spiro atoms. The average Bonchev–Trinajstić information content (AvgIpc) is 2.63. The van der Waals surface area contributed by atoms with Gasteiger partial charge in [-0.05, 0) is 19.8 Å². The topological polar surface area (TPSA) is 38.0 Å². The molecule has 0 amide bonds. The Morgan fingerprint density at radius 2 is 1.89 bits per heavy atom. The van der Waals surface area contributed by atoms with Gasteiger partial charge in [0, 0.05) is 17.8 Å². The molecule has 0 aliphatic heterocycles.